The lowest BCUT2D eigenvalue weighted by atomic mass is 9.53. The third kappa shape index (κ3) is 3.83. The van der Waals surface area contributed by atoms with Gasteiger partial charge in [0, 0.05) is 23.7 Å². The van der Waals surface area contributed by atoms with Gasteiger partial charge in [-0.2, -0.15) is 0 Å². The van der Waals surface area contributed by atoms with Crippen molar-refractivity contribution in [3.05, 3.63) is 15.9 Å². The molecule has 4 bridgehead atoms. The van der Waals surface area contributed by atoms with Gasteiger partial charge in [-0.1, -0.05) is 25.7 Å². The molecule has 4 nitrogen and oxygen atoms in total. The fraction of sp³-hybridized carbons (Fsp3) is 0.826. The summed E-state index contributed by atoms with van der Waals surface area (Å²) in [6.07, 6.45) is 16.2. The van der Waals surface area contributed by atoms with Gasteiger partial charge >= 0.3 is 0 Å². The Kier molecular flexibility index (Phi) is 5.14. The van der Waals surface area contributed by atoms with E-state index in [1.165, 1.54) is 77.0 Å². The lowest BCUT2D eigenvalue weighted by Gasteiger charge is -2.56. The standard InChI is InChI=1S/C23H35N3OS/c1-26-20(15-28-22(26)24-19-6-4-2-3-5-7-19)11-21(27)25-23-12-16-8-17(13-23)10-18(9-16)14-23/h15-19H,2-14H2,1H3,(H,25,27). The maximum absolute atomic E-state index is 12.9. The summed E-state index contributed by atoms with van der Waals surface area (Å²) in [7, 11) is 2.08. The number of nitrogens with one attached hydrogen (secondary N) is 1. The van der Waals surface area contributed by atoms with Crippen molar-refractivity contribution < 1.29 is 4.79 Å². The van der Waals surface area contributed by atoms with Gasteiger partial charge < -0.3 is 9.88 Å². The molecule has 0 atom stereocenters. The largest absolute Gasteiger partial charge is 0.350 e. The molecule has 1 heterocycles. The Balaban J connectivity index is 1.25. The van der Waals surface area contributed by atoms with Crippen LogP contribution in [0.4, 0.5) is 0 Å². The molecule has 0 saturated heterocycles. The fourth-order valence-corrected chi connectivity index (χ4v) is 7.96. The molecule has 0 aromatic carbocycles. The van der Waals surface area contributed by atoms with E-state index in [-0.39, 0.29) is 11.4 Å². The van der Waals surface area contributed by atoms with Gasteiger partial charge in [-0.3, -0.25) is 9.79 Å². The van der Waals surface area contributed by atoms with Gasteiger partial charge in [-0.25, -0.2) is 0 Å². The minimum absolute atomic E-state index is 0.119. The molecule has 1 aromatic heterocycles. The van der Waals surface area contributed by atoms with E-state index in [1.54, 1.807) is 11.3 Å². The highest BCUT2D eigenvalue weighted by molar-refractivity contribution is 7.07. The Hall–Kier alpha value is -1.10. The van der Waals surface area contributed by atoms with Gasteiger partial charge in [0.05, 0.1) is 12.5 Å². The maximum atomic E-state index is 12.9. The molecular weight excluding hydrogens is 366 g/mol. The monoisotopic (exact) mass is 401 g/mol. The number of carbonyl (C=O) groups is 1. The van der Waals surface area contributed by atoms with Crippen LogP contribution >= 0.6 is 11.3 Å². The second-order valence-electron chi connectivity index (χ2n) is 10.3. The number of amides is 1. The van der Waals surface area contributed by atoms with Crippen molar-refractivity contribution in [1.82, 2.24) is 9.88 Å². The van der Waals surface area contributed by atoms with Crippen molar-refractivity contribution in [2.75, 3.05) is 0 Å². The van der Waals surface area contributed by atoms with E-state index in [0.29, 0.717) is 12.5 Å². The highest BCUT2D eigenvalue weighted by Gasteiger charge is 2.51. The minimum atomic E-state index is 0.119. The van der Waals surface area contributed by atoms with Crippen molar-refractivity contribution in [3.63, 3.8) is 0 Å². The molecule has 28 heavy (non-hydrogen) atoms. The van der Waals surface area contributed by atoms with Crippen LogP contribution in [0.3, 0.4) is 0 Å². The molecule has 1 amide bonds. The molecule has 5 heteroatoms. The van der Waals surface area contributed by atoms with Gasteiger partial charge in [-0.05, 0) is 69.1 Å². The Morgan fingerprint density at radius 1 is 1.11 bits per heavy atom. The molecule has 5 fully saturated rings. The summed E-state index contributed by atoms with van der Waals surface area (Å²) in [5.41, 5.74) is 1.23. The summed E-state index contributed by atoms with van der Waals surface area (Å²) in [5.74, 6) is 2.83. The Morgan fingerprint density at radius 3 is 2.32 bits per heavy atom. The predicted octanol–water partition coefficient (Wildman–Crippen LogP) is 4.34. The zero-order valence-corrected chi connectivity index (χ0v) is 18.1. The summed E-state index contributed by atoms with van der Waals surface area (Å²) >= 11 is 1.70. The van der Waals surface area contributed by atoms with Gasteiger partial charge in [0.25, 0.3) is 0 Å². The highest BCUT2D eigenvalue weighted by Crippen LogP contribution is 2.55. The predicted molar refractivity (Wildman–Crippen MR) is 113 cm³/mol. The molecule has 0 unspecified atom stereocenters. The lowest BCUT2D eigenvalue weighted by Crippen LogP contribution is -2.60. The van der Waals surface area contributed by atoms with Crippen molar-refractivity contribution in [3.8, 4) is 0 Å². The van der Waals surface area contributed by atoms with E-state index in [9.17, 15) is 4.79 Å². The van der Waals surface area contributed by atoms with Crippen LogP contribution in [-0.4, -0.2) is 22.1 Å². The maximum Gasteiger partial charge on any atom is 0.226 e. The molecular formula is C23H35N3OS. The number of carbonyl (C=O) groups excluding carboxylic acids is 1. The Bertz CT molecular complexity index is 749. The summed E-state index contributed by atoms with van der Waals surface area (Å²) in [4.78, 5) is 19.1. The molecule has 1 aromatic rings. The van der Waals surface area contributed by atoms with Crippen molar-refractivity contribution in [2.45, 2.75) is 95.1 Å². The van der Waals surface area contributed by atoms with Crippen LogP contribution in [0.25, 0.3) is 0 Å². The number of hydrogen-bond acceptors (Lipinski definition) is 3. The van der Waals surface area contributed by atoms with E-state index < -0.39 is 0 Å². The van der Waals surface area contributed by atoms with Crippen molar-refractivity contribution in [1.29, 1.82) is 0 Å². The molecule has 154 valence electrons. The quantitative estimate of drug-likeness (QED) is 0.750. The first-order chi connectivity index (χ1) is 13.6. The van der Waals surface area contributed by atoms with Crippen LogP contribution in [0, 0.1) is 17.8 Å². The summed E-state index contributed by atoms with van der Waals surface area (Å²) in [6.45, 7) is 0. The molecule has 0 radical (unpaired) electrons. The van der Waals surface area contributed by atoms with E-state index in [1.807, 2.05) is 0 Å². The third-order valence-electron chi connectivity index (χ3n) is 7.92. The topological polar surface area (TPSA) is 46.4 Å². The van der Waals surface area contributed by atoms with Gasteiger partial charge in [-0.15, -0.1) is 11.3 Å². The molecule has 0 aliphatic heterocycles. The molecule has 0 spiro atoms. The third-order valence-corrected chi connectivity index (χ3v) is 8.90. The smallest absolute Gasteiger partial charge is 0.226 e. The summed E-state index contributed by atoms with van der Waals surface area (Å²) < 4.78 is 2.16. The average Bonchev–Trinajstić information content (AvgIpc) is 2.83. The zero-order chi connectivity index (χ0) is 19.1. The van der Waals surface area contributed by atoms with Gasteiger partial charge in [0.15, 0.2) is 4.80 Å². The first kappa shape index (κ1) is 18.9. The van der Waals surface area contributed by atoms with Crippen LogP contribution in [-0.2, 0) is 18.3 Å². The lowest BCUT2D eigenvalue weighted by molar-refractivity contribution is -0.126. The Morgan fingerprint density at radius 2 is 1.71 bits per heavy atom. The normalized spacial score (nSPS) is 35.9. The molecule has 5 aliphatic carbocycles. The number of nitrogens with zero attached hydrogens (tertiary/aromatic N) is 2. The number of thiazole rings is 1. The molecule has 6 rings (SSSR count). The van der Waals surface area contributed by atoms with Crippen molar-refractivity contribution >= 4 is 17.2 Å². The van der Waals surface area contributed by atoms with Gasteiger partial charge in [0.1, 0.15) is 0 Å². The van der Waals surface area contributed by atoms with E-state index in [2.05, 4.69) is 22.3 Å². The number of rotatable bonds is 4. The number of hydrogen-bond donors (Lipinski definition) is 1. The van der Waals surface area contributed by atoms with Crippen LogP contribution in [0.15, 0.2) is 10.4 Å². The van der Waals surface area contributed by atoms with E-state index >= 15 is 0 Å². The second kappa shape index (κ2) is 7.62. The molecule has 5 aliphatic rings. The first-order valence-electron chi connectivity index (χ1n) is 11.6. The second-order valence-corrected chi connectivity index (χ2v) is 11.1. The van der Waals surface area contributed by atoms with Crippen LogP contribution in [0.1, 0.15) is 82.7 Å². The fourth-order valence-electron chi connectivity index (χ4n) is 6.99. The average molecular weight is 402 g/mol. The SMILES string of the molecule is Cn1c(CC(=O)NC23CC4CC(CC(C4)C2)C3)csc1=NC1CCCCCC1. The van der Waals surface area contributed by atoms with Crippen LogP contribution in [0.2, 0.25) is 0 Å². The van der Waals surface area contributed by atoms with Gasteiger partial charge in [0.2, 0.25) is 5.91 Å². The summed E-state index contributed by atoms with van der Waals surface area (Å²) in [5, 5.41) is 5.67. The molecule has 5 saturated carbocycles. The number of aromatic nitrogens is 1. The van der Waals surface area contributed by atoms with Crippen LogP contribution < -0.4 is 10.1 Å². The van der Waals surface area contributed by atoms with Crippen molar-refractivity contribution in [2.24, 2.45) is 29.8 Å². The Labute approximate surface area is 172 Å². The van der Waals surface area contributed by atoms with E-state index in [0.717, 1.165) is 28.2 Å². The first-order valence-corrected chi connectivity index (χ1v) is 12.4. The van der Waals surface area contributed by atoms with Crippen LogP contribution in [0.5, 0.6) is 0 Å². The molecule has 1 N–H and O–H groups in total. The summed E-state index contributed by atoms with van der Waals surface area (Å²) in [6, 6.07) is 0.473. The zero-order valence-electron chi connectivity index (χ0n) is 17.3. The minimum Gasteiger partial charge on any atom is -0.350 e. The van der Waals surface area contributed by atoms with E-state index in [4.69, 9.17) is 4.99 Å². The highest BCUT2D eigenvalue weighted by atomic mass is 32.1.